The van der Waals surface area contributed by atoms with E-state index in [0.717, 1.165) is 30.2 Å². The number of rotatable bonds is 8. The van der Waals surface area contributed by atoms with Gasteiger partial charge in [0.25, 0.3) is 0 Å². The number of halogens is 1. The second-order valence-corrected chi connectivity index (χ2v) is 4.38. The molecule has 0 heterocycles. The molecular formula is C14H20ClNO. The third-order valence-corrected chi connectivity index (χ3v) is 2.65. The number of ether oxygens (including phenoxy) is 1. The molecule has 94 valence electrons. The highest BCUT2D eigenvalue weighted by atomic mass is 35.5. The Hall–Kier alpha value is -0.990. The van der Waals surface area contributed by atoms with Gasteiger partial charge in [0.05, 0.1) is 0 Å². The third-order valence-electron chi connectivity index (χ3n) is 2.40. The Morgan fingerprint density at radius 2 is 2.12 bits per heavy atom. The maximum absolute atomic E-state index is 5.81. The molecule has 1 unspecified atom stereocenters. The first kappa shape index (κ1) is 14.1. The lowest BCUT2D eigenvalue weighted by Crippen LogP contribution is -2.34. The van der Waals surface area contributed by atoms with Crippen molar-refractivity contribution in [2.45, 2.75) is 25.8 Å². The minimum absolute atomic E-state index is 0.322. The van der Waals surface area contributed by atoms with Gasteiger partial charge >= 0.3 is 0 Å². The summed E-state index contributed by atoms with van der Waals surface area (Å²) in [6, 6.07) is 7.75. The van der Waals surface area contributed by atoms with Crippen molar-refractivity contribution in [3.05, 3.63) is 41.9 Å². The van der Waals surface area contributed by atoms with Gasteiger partial charge < -0.3 is 10.1 Å². The van der Waals surface area contributed by atoms with E-state index in [9.17, 15) is 0 Å². The molecule has 0 radical (unpaired) electrons. The summed E-state index contributed by atoms with van der Waals surface area (Å²) in [4.78, 5) is 0. The Balaban J connectivity index is 2.39. The Bertz CT molecular complexity index is 323. The topological polar surface area (TPSA) is 21.3 Å². The summed E-state index contributed by atoms with van der Waals surface area (Å²) in [5, 5.41) is 4.16. The van der Waals surface area contributed by atoms with Crippen molar-refractivity contribution in [1.29, 1.82) is 0 Å². The van der Waals surface area contributed by atoms with E-state index in [1.54, 1.807) is 0 Å². The third kappa shape index (κ3) is 5.76. The maximum atomic E-state index is 5.81. The van der Waals surface area contributed by atoms with Crippen LogP contribution in [0, 0.1) is 0 Å². The highest BCUT2D eigenvalue weighted by Gasteiger charge is 2.06. The van der Waals surface area contributed by atoms with E-state index in [4.69, 9.17) is 16.3 Å². The molecule has 0 saturated heterocycles. The van der Waals surface area contributed by atoms with Gasteiger partial charge in [-0.2, -0.15) is 0 Å². The Morgan fingerprint density at radius 3 is 2.71 bits per heavy atom. The summed E-state index contributed by atoms with van der Waals surface area (Å²) in [5.74, 6) is 0.849. The Labute approximate surface area is 109 Å². The normalized spacial score (nSPS) is 12.1. The van der Waals surface area contributed by atoms with Crippen LogP contribution in [0.3, 0.4) is 0 Å². The van der Waals surface area contributed by atoms with Crippen LogP contribution in [-0.4, -0.2) is 19.2 Å². The molecule has 1 aromatic rings. The lowest BCUT2D eigenvalue weighted by atomic mass is 10.2. The van der Waals surface area contributed by atoms with Crippen LogP contribution in [0.1, 0.15) is 19.8 Å². The number of hydrogen-bond donors (Lipinski definition) is 1. The molecule has 17 heavy (non-hydrogen) atoms. The zero-order chi connectivity index (χ0) is 12.5. The Kier molecular flexibility index (Phi) is 6.75. The number of nitrogens with one attached hydrogen (secondary N) is 1. The number of hydrogen-bond acceptors (Lipinski definition) is 2. The van der Waals surface area contributed by atoms with Gasteiger partial charge in [0.1, 0.15) is 12.4 Å². The van der Waals surface area contributed by atoms with E-state index in [1.807, 2.05) is 30.3 Å². The van der Waals surface area contributed by atoms with Gasteiger partial charge in [-0.1, -0.05) is 24.6 Å². The van der Waals surface area contributed by atoms with Gasteiger partial charge in [0, 0.05) is 11.1 Å². The molecule has 1 N–H and O–H groups in total. The zero-order valence-corrected chi connectivity index (χ0v) is 11.0. The molecule has 0 aliphatic carbocycles. The van der Waals surface area contributed by atoms with E-state index in [2.05, 4.69) is 18.8 Å². The van der Waals surface area contributed by atoms with Gasteiger partial charge in [-0.25, -0.2) is 0 Å². The van der Waals surface area contributed by atoms with Crippen LogP contribution < -0.4 is 10.1 Å². The lowest BCUT2D eigenvalue weighted by Gasteiger charge is -2.17. The fourth-order valence-corrected chi connectivity index (χ4v) is 1.61. The van der Waals surface area contributed by atoms with Crippen molar-refractivity contribution in [1.82, 2.24) is 5.32 Å². The van der Waals surface area contributed by atoms with E-state index in [0.29, 0.717) is 12.6 Å². The standard InChI is InChI=1S/C14H20ClNO/c1-3-5-13(16-10-4-2)11-17-14-8-6-12(15)7-9-14/h3,6-9,13,16H,1,4-5,10-11H2,2H3. The molecule has 0 aliphatic heterocycles. The molecule has 0 aromatic heterocycles. The molecule has 1 rings (SSSR count). The van der Waals surface area contributed by atoms with Gasteiger partial charge in [0.2, 0.25) is 0 Å². The quantitative estimate of drug-likeness (QED) is 0.714. The zero-order valence-electron chi connectivity index (χ0n) is 10.3. The van der Waals surface area contributed by atoms with Crippen molar-refractivity contribution in [2.24, 2.45) is 0 Å². The summed E-state index contributed by atoms with van der Waals surface area (Å²) < 4.78 is 5.70. The summed E-state index contributed by atoms with van der Waals surface area (Å²) in [5.41, 5.74) is 0. The van der Waals surface area contributed by atoms with Crippen LogP contribution >= 0.6 is 11.6 Å². The molecule has 2 nitrogen and oxygen atoms in total. The monoisotopic (exact) mass is 253 g/mol. The summed E-state index contributed by atoms with van der Waals surface area (Å²) >= 11 is 5.81. The van der Waals surface area contributed by atoms with Crippen LogP contribution in [0.25, 0.3) is 0 Å². The minimum atomic E-state index is 0.322. The average Bonchev–Trinajstić information content (AvgIpc) is 2.35. The Morgan fingerprint density at radius 1 is 1.41 bits per heavy atom. The van der Waals surface area contributed by atoms with Crippen molar-refractivity contribution < 1.29 is 4.74 Å². The maximum Gasteiger partial charge on any atom is 0.119 e. The smallest absolute Gasteiger partial charge is 0.119 e. The van der Waals surface area contributed by atoms with Crippen LogP contribution in [0.5, 0.6) is 5.75 Å². The number of benzene rings is 1. The molecule has 1 aromatic carbocycles. The van der Waals surface area contributed by atoms with Gasteiger partial charge in [0.15, 0.2) is 0 Å². The fraction of sp³-hybridized carbons (Fsp3) is 0.429. The average molecular weight is 254 g/mol. The second-order valence-electron chi connectivity index (χ2n) is 3.94. The molecule has 0 fully saturated rings. The van der Waals surface area contributed by atoms with Crippen LogP contribution in [0.4, 0.5) is 0 Å². The fourth-order valence-electron chi connectivity index (χ4n) is 1.49. The SMILES string of the molecule is C=CCC(COc1ccc(Cl)cc1)NCCC. The van der Waals surface area contributed by atoms with Crippen LogP contribution in [-0.2, 0) is 0 Å². The second kappa shape index (κ2) is 8.15. The predicted octanol–water partition coefficient (Wildman–Crippen LogP) is 3.66. The first-order valence-electron chi connectivity index (χ1n) is 5.99. The predicted molar refractivity (Wildman–Crippen MR) is 73.8 cm³/mol. The summed E-state index contributed by atoms with van der Waals surface area (Å²) in [6.07, 6.45) is 3.95. The van der Waals surface area contributed by atoms with E-state index >= 15 is 0 Å². The van der Waals surface area contributed by atoms with Crippen molar-refractivity contribution in [2.75, 3.05) is 13.2 Å². The van der Waals surface area contributed by atoms with Crippen LogP contribution in [0.2, 0.25) is 5.02 Å². The lowest BCUT2D eigenvalue weighted by molar-refractivity contribution is 0.265. The van der Waals surface area contributed by atoms with Crippen LogP contribution in [0.15, 0.2) is 36.9 Å². The highest BCUT2D eigenvalue weighted by Crippen LogP contribution is 2.15. The van der Waals surface area contributed by atoms with Gasteiger partial charge in [-0.15, -0.1) is 6.58 Å². The molecule has 0 saturated carbocycles. The van der Waals surface area contributed by atoms with Crippen molar-refractivity contribution >= 4 is 11.6 Å². The molecule has 3 heteroatoms. The summed E-state index contributed by atoms with van der Waals surface area (Å²) in [7, 11) is 0. The molecule has 0 amide bonds. The van der Waals surface area contributed by atoms with E-state index in [-0.39, 0.29) is 0 Å². The van der Waals surface area contributed by atoms with Crippen molar-refractivity contribution in [3.8, 4) is 5.75 Å². The minimum Gasteiger partial charge on any atom is -0.492 e. The van der Waals surface area contributed by atoms with Gasteiger partial charge in [-0.3, -0.25) is 0 Å². The first-order chi connectivity index (χ1) is 8.26. The van der Waals surface area contributed by atoms with Gasteiger partial charge in [-0.05, 0) is 43.7 Å². The first-order valence-corrected chi connectivity index (χ1v) is 6.36. The largest absolute Gasteiger partial charge is 0.492 e. The molecule has 1 atom stereocenters. The van der Waals surface area contributed by atoms with E-state index < -0.39 is 0 Å². The van der Waals surface area contributed by atoms with Crippen molar-refractivity contribution in [3.63, 3.8) is 0 Å². The molecule has 0 bridgehead atoms. The molecule has 0 spiro atoms. The van der Waals surface area contributed by atoms with E-state index in [1.165, 1.54) is 0 Å². The molecule has 0 aliphatic rings. The highest BCUT2D eigenvalue weighted by molar-refractivity contribution is 6.30. The summed E-state index contributed by atoms with van der Waals surface area (Å²) in [6.45, 7) is 7.56. The molecular weight excluding hydrogens is 234 g/mol.